The summed E-state index contributed by atoms with van der Waals surface area (Å²) in [6, 6.07) is 16.1. The second-order valence-corrected chi connectivity index (χ2v) is 6.61. The number of para-hydroxylation sites is 1. The van der Waals surface area contributed by atoms with Crippen molar-refractivity contribution in [1.82, 2.24) is 10.2 Å². The monoisotopic (exact) mass is 357 g/mol. The van der Waals surface area contributed by atoms with E-state index in [1.165, 1.54) is 11.3 Å². The van der Waals surface area contributed by atoms with Crippen molar-refractivity contribution < 1.29 is 4.79 Å². The van der Waals surface area contributed by atoms with Gasteiger partial charge in [-0.15, -0.1) is 0 Å². The Morgan fingerprint density at radius 2 is 1.64 bits per heavy atom. The molecule has 0 radical (unpaired) electrons. The van der Waals surface area contributed by atoms with Gasteiger partial charge in [-0.1, -0.05) is 54.9 Å². The third-order valence-corrected chi connectivity index (χ3v) is 5.04. The van der Waals surface area contributed by atoms with Crippen LogP contribution in [0.15, 0.2) is 48.5 Å². The number of hydrogen-bond acceptors (Lipinski definition) is 2. The number of nitrogens with zero attached hydrogens (tertiary/aromatic N) is 2. The van der Waals surface area contributed by atoms with Gasteiger partial charge in [-0.2, -0.15) is 0 Å². The fraction of sp³-hybridized carbons (Fsp3) is 0.350. The second-order valence-electron chi connectivity index (χ2n) is 6.21. The van der Waals surface area contributed by atoms with Gasteiger partial charge >= 0.3 is 6.03 Å². The molecule has 1 heterocycles. The van der Waals surface area contributed by atoms with Crippen LogP contribution >= 0.6 is 11.6 Å². The first kappa shape index (κ1) is 17.6. The zero-order chi connectivity index (χ0) is 17.6. The van der Waals surface area contributed by atoms with Crippen molar-refractivity contribution in [3.8, 4) is 0 Å². The summed E-state index contributed by atoms with van der Waals surface area (Å²) in [4.78, 5) is 16.7. The predicted octanol–water partition coefficient (Wildman–Crippen LogP) is 3.93. The minimum atomic E-state index is -0.0247. The first-order chi connectivity index (χ1) is 12.2. The van der Waals surface area contributed by atoms with Crippen molar-refractivity contribution in [1.29, 1.82) is 0 Å². The molecule has 3 rings (SSSR count). The Morgan fingerprint density at radius 3 is 2.32 bits per heavy atom. The van der Waals surface area contributed by atoms with E-state index in [-0.39, 0.29) is 6.03 Å². The number of benzene rings is 2. The molecular formula is C20H24ClN3O. The van der Waals surface area contributed by atoms with Crippen LogP contribution in [0.3, 0.4) is 0 Å². The molecule has 1 N–H and O–H groups in total. The molecule has 1 aliphatic rings. The smallest absolute Gasteiger partial charge is 0.317 e. The number of piperazine rings is 1. The number of carbonyl (C=O) groups excluding carboxylic acids is 1. The van der Waals surface area contributed by atoms with Gasteiger partial charge in [0.05, 0.1) is 0 Å². The lowest BCUT2D eigenvalue weighted by Crippen LogP contribution is -2.51. The molecule has 2 aromatic rings. The van der Waals surface area contributed by atoms with Gasteiger partial charge in [0.1, 0.15) is 0 Å². The minimum Gasteiger partial charge on any atom is -0.368 e. The lowest BCUT2D eigenvalue weighted by atomic mass is 10.1. The quantitative estimate of drug-likeness (QED) is 0.899. The van der Waals surface area contributed by atoms with Crippen LogP contribution in [0.25, 0.3) is 0 Å². The van der Waals surface area contributed by atoms with Crippen molar-refractivity contribution in [3.05, 3.63) is 64.7 Å². The maximum atomic E-state index is 12.4. The summed E-state index contributed by atoms with van der Waals surface area (Å²) in [6.07, 6.45) is 1.02. The molecule has 0 bridgehead atoms. The van der Waals surface area contributed by atoms with Crippen LogP contribution in [-0.4, -0.2) is 37.1 Å². The number of amides is 2. The molecule has 2 amide bonds. The van der Waals surface area contributed by atoms with Gasteiger partial charge in [-0.25, -0.2) is 4.79 Å². The summed E-state index contributed by atoms with van der Waals surface area (Å²) in [6.45, 7) is 5.81. The number of hydrogen-bond donors (Lipinski definition) is 1. The van der Waals surface area contributed by atoms with Crippen molar-refractivity contribution in [2.24, 2.45) is 0 Å². The normalized spacial score (nSPS) is 14.5. The van der Waals surface area contributed by atoms with Gasteiger partial charge in [0, 0.05) is 43.4 Å². The predicted molar refractivity (Wildman–Crippen MR) is 103 cm³/mol. The molecule has 25 heavy (non-hydrogen) atoms. The van der Waals surface area contributed by atoms with Crippen LogP contribution < -0.4 is 10.2 Å². The fourth-order valence-corrected chi connectivity index (χ4v) is 3.40. The Kier molecular flexibility index (Phi) is 5.82. The van der Waals surface area contributed by atoms with E-state index in [1.54, 1.807) is 0 Å². The number of carbonyl (C=O) groups is 1. The van der Waals surface area contributed by atoms with Gasteiger partial charge in [0.25, 0.3) is 0 Å². The maximum Gasteiger partial charge on any atom is 0.317 e. The molecule has 0 spiro atoms. The SMILES string of the molecule is CCc1ccccc1N1CCN(C(=O)NCc2ccccc2Cl)CC1. The molecule has 0 saturated carbocycles. The molecule has 132 valence electrons. The summed E-state index contributed by atoms with van der Waals surface area (Å²) in [5, 5.41) is 3.65. The number of anilines is 1. The number of rotatable bonds is 4. The Balaban J connectivity index is 1.53. The number of aryl methyl sites for hydroxylation is 1. The molecular weight excluding hydrogens is 334 g/mol. The molecule has 0 atom stereocenters. The highest BCUT2D eigenvalue weighted by Gasteiger charge is 2.22. The van der Waals surface area contributed by atoms with Crippen molar-refractivity contribution in [3.63, 3.8) is 0 Å². The first-order valence-electron chi connectivity index (χ1n) is 8.78. The van der Waals surface area contributed by atoms with E-state index >= 15 is 0 Å². The van der Waals surface area contributed by atoms with Crippen LogP contribution in [0.2, 0.25) is 5.02 Å². The largest absolute Gasteiger partial charge is 0.368 e. The molecule has 0 aliphatic carbocycles. The summed E-state index contributed by atoms with van der Waals surface area (Å²) >= 11 is 6.14. The number of urea groups is 1. The van der Waals surface area contributed by atoms with Crippen LogP contribution in [-0.2, 0) is 13.0 Å². The minimum absolute atomic E-state index is 0.0247. The summed E-state index contributed by atoms with van der Waals surface area (Å²) < 4.78 is 0. The molecule has 1 saturated heterocycles. The molecule has 0 aromatic heterocycles. The third-order valence-electron chi connectivity index (χ3n) is 4.67. The summed E-state index contributed by atoms with van der Waals surface area (Å²) in [5.41, 5.74) is 3.59. The van der Waals surface area contributed by atoms with Crippen LogP contribution in [0.4, 0.5) is 10.5 Å². The molecule has 1 fully saturated rings. The number of nitrogens with one attached hydrogen (secondary N) is 1. The van der Waals surface area contributed by atoms with Crippen LogP contribution in [0, 0.1) is 0 Å². The van der Waals surface area contributed by atoms with Crippen LogP contribution in [0.1, 0.15) is 18.1 Å². The highest BCUT2D eigenvalue weighted by molar-refractivity contribution is 6.31. The van der Waals surface area contributed by atoms with Gasteiger partial charge in [0.2, 0.25) is 0 Å². The van der Waals surface area contributed by atoms with E-state index in [9.17, 15) is 4.79 Å². The van der Waals surface area contributed by atoms with Gasteiger partial charge in [-0.3, -0.25) is 0 Å². The summed E-state index contributed by atoms with van der Waals surface area (Å²) in [7, 11) is 0. The molecule has 0 unspecified atom stereocenters. The average molecular weight is 358 g/mol. The second kappa shape index (κ2) is 8.26. The molecule has 4 nitrogen and oxygen atoms in total. The van der Waals surface area contributed by atoms with Crippen molar-refractivity contribution >= 4 is 23.3 Å². The van der Waals surface area contributed by atoms with Crippen molar-refractivity contribution in [2.45, 2.75) is 19.9 Å². The maximum absolute atomic E-state index is 12.4. The zero-order valence-corrected chi connectivity index (χ0v) is 15.3. The first-order valence-corrected chi connectivity index (χ1v) is 9.16. The molecule has 2 aromatic carbocycles. The third kappa shape index (κ3) is 4.26. The van der Waals surface area contributed by atoms with E-state index in [4.69, 9.17) is 11.6 Å². The Morgan fingerprint density at radius 1 is 1.00 bits per heavy atom. The Labute approximate surface area is 154 Å². The topological polar surface area (TPSA) is 35.6 Å². The Bertz CT molecular complexity index is 726. The van der Waals surface area contributed by atoms with Crippen LogP contribution in [0.5, 0.6) is 0 Å². The standard InChI is InChI=1S/C20H24ClN3O/c1-2-16-7-4-6-10-19(16)23-11-13-24(14-12-23)20(25)22-15-17-8-3-5-9-18(17)21/h3-10H,2,11-15H2,1H3,(H,22,25). The Hall–Kier alpha value is -2.20. The fourth-order valence-electron chi connectivity index (χ4n) is 3.19. The van der Waals surface area contributed by atoms with Crippen molar-refractivity contribution in [2.75, 3.05) is 31.1 Å². The van der Waals surface area contributed by atoms with E-state index in [2.05, 4.69) is 41.4 Å². The van der Waals surface area contributed by atoms with E-state index in [1.807, 2.05) is 29.2 Å². The van der Waals surface area contributed by atoms with Gasteiger partial charge in [0.15, 0.2) is 0 Å². The van der Waals surface area contributed by atoms with Gasteiger partial charge < -0.3 is 15.1 Å². The molecule has 1 aliphatic heterocycles. The van der Waals surface area contributed by atoms with E-state index in [0.717, 1.165) is 38.2 Å². The van der Waals surface area contributed by atoms with E-state index in [0.29, 0.717) is 11.6 Å². The van der Waals surface area contributed by atoms with E-state index < -0.39 is 0 Å². The lowest BCUT2D eigenvalue weighted by Gasteiger charge is -2.37. The highest BCUT2D eigenvalue weighted by atomic mass is 35.5. The van der Waals surface area contributed by atoms with Gasteiger partial charge in [-0.05, 0) is 29.7 Å². The lowest BCUT2D eigenvalue weighted by molar-refractivity contribution is 0.194. The molecule has 5 heteroatoms. The average Bonchev–Trinajstić information content (AvgIpc) is 2.67. The zero-order valence-electron chi connectivity index (χ0n) is 14.5. The number of halogens is 1. The highest BCUT2D eigenvalue weighted by Crippen LogP contribution is 2.22. The summed E-state index contributed by atoms with van der Waals surface area (Å²) in [5.74, 6) is 0.